The Kier molecular flexibility index (Phi) is 4.71. The molecule has 1 heterocycles. The van der Waals surface area contributed by atoms with E-state index in [4.69, 9.17) is 16.3 Å². The van der Waals surface area contributed by atoms with Gasteiger partial charge in [-0.15, -0.1) is 0 Å². The number of hydrogen-bond donors (Lipinski definition) is 1. The minimum atomic E-state index is -0.397. The van der Waals surface area contributed by atoms with Crippen LogP contribution in [-0.2, 0) is 6.54 Å². The van der Waals surface area contributed by atoms with Crippen LogP contribution in [0.4, 0.5) is 4.39 Å². The first-order valence-electron chi connectivity index (χ1n) is 5.97. The van der Waals surface area contributed by atoms with E-state index in [1.54, 1.807) is 12.3 Å². The smallest absolute Gasteiger partial charge is 0.219 e. The maximum absolute atomic E-state index is 12.9. The summed E-state index contributed by atoms with van der Waals surface area (Å²) in [5.41, 5.74) is 1.07. The molecular weight excluding hydrogens is 267 g/mol. The lowest BCUT2D eigenvalue weighted by atomic mass is 10.3. The van der Waals surface area contributed by atoms with Crippen LogP contribution < -0.4 is 10.1 Å². The molecule has 0 saturated carbocycles. The SMILES string of the molecule is CCNCc1ccc(Oc2ccc(F)cc2Cl)nc1. The van der Waals surface area contributed by atoms with E-state index in [1.807, 2.05) is 13.0 Å². The van der Waals surface area contributed by atoms with E-state index in [9.17, 15) is 4.39 Å². The van der Waals surface area contributed by atoms with Crippen molar-refractivity contribution in [1.29, 1.82) is 0 Å². The summed E-state index contributed by atoms with van der Waals surface area (Å²) in [6, 6.07) is 7.65. The first kappa shape index (κ1) is 13.8. The summed E-state index contributed by atoms with van der Waals surface area (Å²) in [5, 5.41) is 3.43. The summed E-state index contributed by atoms with van der Waals surface area (Å²) in [6.45, 7) is 3.71. The Labute approximate surface area is 116 Å². The summed E-state index contributed by atoms with van der Waals surface area (Å²) < 4.78 is 18.4. The van der Waals surface area contributed by atoms with E-state index in [1.165, 1.54) is 18.2 Å². The van der Waals surface area contributed by atoms with Gasteiger partial charge in [0.05, 0.1) is 5.02 Å². The van der Waals surface area contributed by atoms with Gasteiger partial charge < -0.3 is 10.1 Å². The zero-order valence-corrected chi connectivity index (χ0v) is 11.2. The molecule has 0 aliphatic heterocycles. The van der Waals surface area contributed by atoms with Crippen LogP contribution in [0.5, 0.6) is 11.6 Å². The summed E-state index contributed by atoms with van der Waals surface area (Å²) in [7, 11) is 0. The molecule has 1 N–H and O–H groups in total. The van der Waals surface area contributed by atoms with Gasteiger partial charge >= 0.3 is 0 Å². The third-order valence-corrected chi connectivity index (χ3v) is 2.78. The molecule has 0 amide bonds. The fraction of sp³-hybridized carbons (Fsp3) is 0.214. The standard InChI is InChI=1S/C14H14ClFN2O/c1-2-17-8-10-3-6-14(18-9-10)19-13-5-4-11(16)7-12(13)15/h3-7,9,17H,2,8H2,1H3. The normalized spacial score (nSPS) is 10.5. The van der Waals surface area contributed by atoms with E-state index >= 15 is 0 Å². The van der Waals surface area contributed by atoms with Gasteiger partial charge in [0.15, 0.2) is 0 Å². The molecule has 0 unspecified atom stereocenters. The molecule has 0 atom stereocenters. The highest BCUT2D eigenvalue weighted by atomic mass is 35.5. The first-order valence-corrected chi connectivity index (χ1v) is 6.35. The van der Waals surface area contributed by atoms with E-state index in [0.29, 0.717) is 11.6 Å². The van der Waals surface area contributed by atoms with Crippen LogP contribution >= 0.6 is 11.6 Å². The van der Waals surface area contributed by atoms with Crippen LogP contribution in [0, 0.1) is 5.82 Å². The minimum absolute atomic E-state index is 0.221. The molecule has 19 heavy (non-hydrogen) atoms. The monoisotopic (exact) mass is 280 g/mol. The van der Waals surface area contributed by atoms with Gasteiger partial charge in [-0.25, -0.2) is 9.37 Å². The molecule has 100 valence electrons. The molecule has 0 radical (unpaired) electrons. The third-order valence-electron chi connectivity index (χ3n) is 2.49. The number of pyridine rings is 1. The van der Waals surface area contributed by atoms with Gasteiger partial charge in [-0.05, 0) is 30.3 Å². The Balaban J connectivity index is 2.06. The molecule has 0 bridgehead atoms. The second-order valence-electron chi connectivity index (χ2n) is 3.96. The van der Waals surface area contributed by atoms with Gasteiger partial charge in [-0.3, -0.25) is 0 Å². The number of halogens is 2. The predicted molar refractivity (Wildman–Crippen MR) is 73.1 cm³/mol. The first-order chi connectivity index (χ1) is 9.19. The van der Waals surface area contributed by atoms with E-state index in [2.05, 4.69) is 10.3 Å². The lowest BCUT2D eigenvalue weighted by Gasteiger charge is -2.07. The maximum Gasteiger partial charge on any atom is 0.219 e. The number of ether oxygens (including phenoxy) is 1. The summed E-state index contributed by atoms with van der Waals surface area (Å²) in [4.78, 5) is 4.18. The zero-order valence-electron chi connectivity index (χ0n) is 10.5. The van der Waals surface area contributed by atoms with Crippen LogP contribution in [0.15, 0.2) is 36.5 Å². The molecule has 2 aromatic rings. The molecule has 0 saturated heterocycles. The summed E-state index contributed by atoms with van der Waals surface area (Å²) in [6.07, 6.45) is 1.73. The number of benzene rings is 1. The van der Waals surface area contributed by atoms with E-state index < -0.39 is 5.82 Å². The number of rotatable bonds is 5. The molecule has 0 spiro atoms. The fourth-order valence-corrected chi connectivity index (χ4v) is 1.72. The van der Waals surface area contributed by atoms with Gasteiger partial charge in [0.25, 0.3) is 0 Å². The second-order valence-corrected chi connectivity index (χ2v) is 4.37. The molecule has 3 nitrogen and oxygen atoms in total. The van der Waals surface area contributed by atoms with Crippen molar-refractivity contribution < 1.29 is 9.13 Å². The average molecular weight is 281 g/mol. The van der Waals surface area contributed by atoms with Crippen LogP contribution in [0.25, 0.3) is 0 Å². The summed E-state index contributed by atoms with van der Waals surface area (Å²) >= 11 is 5.88. The Morgan fingerprint density at radius 2 is 2.16 bits per heavy atom. The van der Waals surface area contributed by atoms with Crippen molar-refractivity contribution in [1.82, 2.24) is 10.3 Å². The second kappa shape index (κ2) is 6.50. The third kappa shape index (κ3) is 3.91. The number of hydrogen-bond acceptors (Lipinski definition) is 3. The molecule has 1 aromatic carbocycles. The predicted octanol–water partition coefficient (Wildman–Crippen LogP) is 3.78. The van der Waals surface area contributed by atoms with Crippen molar-refractivity contribution in [3.8, 4) is 11.6 Å². The van der Waals surface area contributed by atoms with Gasteiger partial charge in [0, 0.05) is 18.8 Å². The van der Waals surface area contributed by atoms with Crippen LogP contribution in [0.2, 0.25) is 5.02 Å². The van der Waals surface area contributed by atoms with E-state index in [-0.39, 0.29) is 5.02 Å². The van der Waals surface area contributed by atoms with Crippen molar-refractivity contribution in [2.75, 3.05) is 6.54 Å². The fourth-order valence-electron chi connectivity index (χ4n) is 1.52. The van der Waals surface area contributed by atoms with E-state index in [0.717, 1.165) is 18.7 Å². The van der Waals surface area contributed by atoms with Crippen molar-refractivity contribution in [3.63, 3.8) is 0 Å². The lowest BCUT2D eigenvalue weighted by Crippen LogP contribution is -2.11. The highest BCUT2D eigenvalue weighted by molar-refractivity contribution is 6.32. The van der Waals surface area contributed by atoms with Gasteiger partial charge in [-0.2, -0.15) is 0 Å². The van der Waals surface area contributed by atoms with Crippen molar-refractivity contribution in [2.45, 2.75) is 13.5 Å². The van der Waals surface area contributed by atoms with Crippen LogP contribution in [0.1, 0.15) is 12.5 Å². The molecular formula is C14H14ClFN2O. The Morgan fingerprint density at radius 1 is 1.32 bits per heavy atom. The van der Waals surface area contributed by atoms with Crippen LogP contribution in [0.3, 0.4) is 0 Å². The largest absolute Gasteiger partial charge is 0.437 e. The van der Waals surface area contributed by atoms with Crippen molar-refractivity contribution in [2.24, 2.45) is 0 Å². The Bertz CT molecular complexity index is 546. The lowest BCUT2D eigenvalue weighted by molar-refractivity contribution is 0.461. The van der Waals surface area contributed by atoms with Gasteiger partial charge in [-0.1, -0.05) is 24.6 Å². The molecule has 1 aromatic heterocycles. The number of nitrogens with one attached hydrogen (secondary N) is 1. The molecule has 0 fully saturated rings. The Hall–Kier alpha value is -1.65. The van der Waals surface area contributed by atoms with Crippen LogP contribution in [-0.4, -0.2) is 11.5 Å². The average Bonchev–Trinajstić information content (AvgIpc) is 2.41. The van der Waals surface area contributed by atoms with Gasteiger partial charge in [0.2, 0.25) is 5.88 Å². The minimum Gasteiger partial charge on any atom is -0.437 e. The molecule has 2 rings (SSSR count). The molecule has 5 heteroatoms. The highest BCUT2D eigenvalue weighted by Crippen LogP contribution is 2.28. The molecule has 0 aliphatic rings. The number of nitrogens with zero attached hydrogens (tertiary/aromatic N) is 1. The zero-order chi connectivity index (χ0) is 13.7. The molecule has 0 aliphatic carbocycles. The maximum atomic E-state index is 12.9. The van der Waals surface area contributed by atoms with Crippen molar-refractivity contribution in [3.05, 3.63) is 52.9 Å². The topological polar surface area (TPSA) is 34.1 Å². The Morgan fingerprint density at radius 3 is 2.79 bits per heavy atom. The number of aromatic nitrogens is 1. The van der Waals surface area contributed by atoms with Gasteiger partial charge in [0.1, 0.15) is 11.6 Å². The highest BCUT2D eigenvalue weighted by Gasteiger charge is 2.05. The van der Waals surface area contributed by atoms with Crippen molar-refractivity contribution >= 4 is 11.6 Å². The quantitative estimate of drug-likeness (QED) is 0.905. The summed E-state index contributed by atoms with van der Waals surface area (Å²) in [5.74, 6) is 0.412.